The highest BCUT2D eigenvalue weighted by atomic mass is 16.5. The van der Waals surface area contributed by atoms with E-state index in [9.17, 15) is 4.79 Å². The van der Waals surface area contributed by atoms with Crippen molar-refractivity contribution in [2.75, 3.05) is 0 Å². The minimum atomic E-state index is -0.144. The van der Waals surface area contributed by atoms with E-state index in [2.05, 4.69) is 48.6 Å². The van der Waals surface area contributed by atoms with Crippen LogP contribution in [0.3, 0.4) is 0 Å². The number of benzene rings is 1. The summed E-state index contributed by atoms with van der Waals surface area (Å²) in [5.41, 5.74) is 3.57. The molecule has 2 rings (SSSR count). The molecule has 1 heterocycles. The number of hydrogen-bond donors (Lipinski definition) is 1. The van der Waals surface area contributed by atoms with Crippen LogP contribution in [0.25, 0.3) is 0 Å². The van der Waals surface area contributed by atoms with E-state index < -0.39 is 0 Å². The van der Waals surface area contributed by atoms with Crippen LogP contribution < -0.4 is 5.32 Å². The van der Waals surface area contributed by atoms with Crippen molar-refractivity contribution in [1.29, 1.82) is 0 Å². The lowest BCUT2D eigenvalue weighted by atomic mass is 9.96. The number of aryl methyl sites for hydroxylation is 2. The van der Waals surface area contributed by atoms with Gasteiger partial charge in [0.05, 0.1) is 11.7 Å². The van der Waals surface area contributed by atoms with Crippen molar-refractivity contribution in [1.82, 2.24) is 10.5 Å². The highest BCUT2D eigenvalue weighted by molar-refractivity contribution is 5.96. The minimum Gasteiger partial charge on any atom is -0.361 e. The normalized spacial score (nSPS) is 13.7. The van der Waals surface area contributed by atoms with Gasteiger partial charge in [-0.1, -0.05) is 43.3 Å². The molecule has 118 valence electrons. The average molecular weight is 300 g/mol. The fraction of sp³-hybridized carbons (Fsp3) is 0.444. The Morgan fingerprint density at radius 3 is 2.27 bits per heavy atom. The summed E-state index contributed by atoms with van der Waals surface area (Å²) >= 11 is 0. The molecule has 0 saturated carbocycles. The molecule has 0 bridgehead atoms. The Bertz CT molecular complexity index is 624. The predicted octanol–water partition coefficient (Wildman–Crippen LogP) is 4.30. The zero-order valence-electron chi connectivity index (χ0n) is 13.9. The second-order valence-corrected chi connectivity index (χ2v) is 5.87. The summed E-state index contributed by atoms with van der Waals surface area (Å²) in [6.45, 7) is 9.91. The summed E-state index contributed by atoms with van der Waals surface area (Å²) in [5.74, 6) is 0.963. The molecule has 22 heavy (non-hydrogen) atoms. The third-order valence-electron chi connectivity index (χ3n) is 4.23. The van der Waals surface area contributed by atoms with Crippen molar-refractivity contribution < 1.29 is 9.32 Å². The molecule has 0 saturated heterocycles. The summed E-state index contributed by atoms with van der Waals surface area (Å²) in [4.78, 5) is 12.3. The lowest BCUT2D eigenvalue weighted by Gasteiger charge is -2.16. The summed E-state index contributed by atoms with van der Waals surface area (Å²) in [6.07, 6.45) is 1.12. The van der Waals surface area contributed by atoms with Gasteiger partial charge < -0.3 is 9.84 Å². The van der Waals surface area contributed by atoms with Gasteiger partial charge in [0.2, 0.25) is 0 Å². The first-order chi connectivity index (χ1) is 10.4. The summed E-state index contributed by atoms with van der Waals surface area (Å²) in [5, 5.41) is 6.83. The molecular weight excluding hydrogens is 276 g/mol. The van der Waals surface area contributed by atoms with Crippen LogP contribution in [0.15, 0.2) is 28.8 Å². The number of carbonyl (C=O) groups is 1. The van der Waals surface area contributed by atoms with E-state index in [-0.39, 0.29) is 11.9 Å². The third kappa shape index (κ3) is 3.38. The first-order valence-corrected chi connectivity index (χ1v) is 7.77. The van der Waals surface area contributed by atoms with Crippen LogP contribution in [0, 0.1) is 13.8 Å². The first kappa shape index (κ1) is 16.3. The summed E-state index contributed by atoms with van der Waals surface area (Å²) in [6, 6.07) is 8.39. The van der Waals surface area contributed by atoms with Gasteiger partial charge in [-0.15, -0.1) is 0 Å². The highest BCUT2D eigenvalue weighted by Crippen LogP contribution is 2.22. The fourth-order valence-corrected chi connectivity index (χ4v) is 2.51. The van der Waals surface area contributed by atoms with Crippen molar-refractivity contribution in [3.05, 3.63) is 52.4 Å². The number of amides is 1. The molecule has 0 aliphatic rings. The molecule has 4 nitrogen and oxygen atoms in total. The van der Waals surface area contributed by atoms with E-state index in [0.717, 1.165) is 12.0 Å². The maximum atomic E-state index is 12.3. The van der Waals surface area contributed by atoms with E-state index in [4.69, 9.17) is 4.52 Å². The Balaban J connectivity index is 2.09. The van der Waals surface area contributed by atoms with Gasteiger partial charge in [0.15, 0.2) is 0 Å². The average Bonchev–Trinajstić information content (AvgIpc) is 2.85. The largest absolute Gasteiger partial charge is 0.361 e. The molecule has 1 N–H and O–H groups in total. The van der Waals surface area contributed by atoms with Crippen molar-refractivity contribution >= 4 is 5.91 Å². The van der Waals surface area contributed by atoms with Crippen LogP contribution >= 0.6 is 0 Å². The van der Waals surface area contributed by atoms with Crippen molar-refractivity contribution in [3.63, 3.8) is 0 Å². The molecule has 2 aromatic rings. The smallest absolute Gasteiger partial charge is 0.257 e. The van der Waals surface area contributed by atoms with E-state index in [0.29, 0.717) is 22.9 Å². The summed E-state index contributed by atoms with van der Waals surface area (Å²) in [7, 11) is 0. The first-order valence-electron chi connectivity index (χ1n) is 7.77. The number of rotatable bonds is 5. The topological polar surface area (TPSA) is 55.1 Å². The zero-order chi connectivity index (χ0) is 16.3. The van der Waals surface area contributed by atoms with Crippen molar-refractivity contribution in [2.45, 2.75) is 53.0 Å². The maximum absolute atomic E-state index is 12.3. The van der Waals surface area contributed by atoms with Gasteiger partial charge in [-0.25, -0.2) is 0 Å². The van der Waals surface area contributed by atoms with Crippen molar-refractivity contribution in [3.8, 4) is 0 Å². The molecule has 2 atom stereocenters. The molecule has 0 aliphatic carbocycles. The molecule has 1 aromatic carbocycles. The monoisotopic (exact) mass is 300 g/mol. The molecule has 0 radical (unpaired) electrons. The second-order valence-electron chi connectivity index (χ2n) is 5.87. The third-order valence-corrected chi connectivity index (χ3v) is 4.23. The molecule has 0 aliphatic heterocycles. The molecule has 1 amide bonds. The molecular formula is C18H24N2O2. The van der Waals surface area contributed by atoms with E-state index >= 15 is 0 Å². The Kier molecular flexibility index (Phi) is 5.01. The molecule has 1 aromatic heterocycles. The number of nitrogens with one attached hydrogen (secondary N) is 1. The lowest BCUT2D eigenvalue weighted by Crippen LogP contribution is -2.27. The Morgan fingerprint density at radius 1 is 1.18 bits per heavy atom. The number of carbonyl (C=O) groups excluding carboxylic acids is 1. The van der Waals surface area contributed by atoms with E-state index in [1.165, 1.54) is 5.56 Å². The van der Waals surface area contributed by atoms with Crippen LogP contribution in [0.1, 0.15) is 72.1 Å². The van der Waals surface area contributed by atoms with E-state index in [1.807, 2.05) is 6.92 Å². The Hall–Kier alpha value is -2.10. The quantitative estimate of drug-likeness (QED) is 0.896. The number of nitrogens with zero attached hydrogens (tertiary/aromatic N) is 1. The number of aromatic nitrogens is 1. The van der Waals surface area contributed by atoms with Gasteiger partial charge >= 0.3 is 0 Å². The van der Waals surface area contributed by atoms with Crippen LogP contribution in [0.2, 0.25) is 0 Å². The van der Waals surface area contributed by atoms with Gasteiger partial charge in [0, 0.05) is 0 Å². The molecule has 0 fully saturated rings. The van der Waals surface area contributed by atoms with Crippen LogP contribution in [0.5, 0.6) is 0 Å². The standard InChI is InChI=1S/C18H24N2O2/c1-6-11(2)15-7-9-16(10-8-15)12(3)19-18(21)17-13(4)20-22-14(17)5/h7-12H,6H2,1-5H3,(H,19,21)/t11-,12-/m1/s1. The van der Waals surface area contributed by atoms with Gasteiger partial charge in [-0.2, -0.15) is 0 Å². The minimum absolute atomic E-state index is 0.0628. The number of hydrogen-bond acceptors (Lipinski definition) is 3. The maximum Gasteiger partial charge on any atom is 0.257 e. The van der Waals surface area contributed by atoms with Gasteiger partial charge in [-0.3, -0.25) is 4.79 Å². The highest BCUT2D eigenvalue weighted by Gasteiger charge is 2.19. The Labute approximate surface area is 131 Å². The van der Waals surface area contributed by atoms with Gasteiger partial charge in [-0.05, 0) is 44.2 Å². The fourth-order valence-electron chi connectivity index (χ4n) is 2.51. The second kappa shape index (κ2) is 6.77. The molecule has 4 heteroatoms. The Morgan fingerprint density at radius 2 is 1.77 bits per heavy atom. The van der Waals surface area contributed by atoms with Crippen LogP contribution in [-0.4, -0.2) is 11.1 Å². The van der Waals surface area contributed by atoms with Crippen LogP contribution in [-0.2, 0) is 0 Å². The molecule has 0 unspecified atom stereocenters. The van der Waals surface area contributed by atoms with Gasteiger partial charge in [0.1, 0.15) is 11.3 Å². The SMILES string of the molecule is CC[C@@H](C)c1ccc([C@@H](C)NC(=O)c2c(C)noc2C)cc1. The van der Waals surface area contributed by atoms with Crippen molar-refractivity contribution in [2.24, 2.45) is 0 Å². The predicted molar refractivity (Wildman–Crippen MR) is 87.0 cm³/mol. The summed E-state index contributed by atoms with van der Waals surface area (Å²) < 4.78 is 5.05. The van der Waals surface area contributed by atoms with Gasteiger partial charge in [0.25, 0.3) is 5.91 Å². The van der Waals surface area contributed by atoms with Crippen LogP contribution in [0.4, 0.5) is 0 Å². The lowest BCUT2D eigenvalue weighted by molar-refractivity contribution is 0.0938. The molecule has 0 spiro atoms. The zero-order valence-corrected chi connectivity index (χ0v) is 13.9. The van der Waals surface area contributed by atoms with E-state index in [1.54, 1.807) is 13.8 Å².